The molecule has 188 valence electrons. The lowest BCUT2D eigenvalue weighted by Gasteiger charge is -2.23. The number of rotatable bonds is 10. The molecule has 0 fully saturated rings. The SMILES string of the molecule is CCC.O=P(Oc1ccccc1)(Oc1ccccc1)OP(=O)(Oc1ccccc1)Oc1ccccc1. The Morgan fingerprint density at radius 2 is 0.639 bits per heavy atom. The average molecular weight is 526 g/mol. The summed E-state index contributed by atoms with van der Waals surface area (Å²) < 4.78 is 55.2. The minimum atomic E-state index is -4.57. The average Bonchev–Trinajstić information content (AvgIpc) is 2.86. The van der Waals surface area contributed by atoms with Crippen LogP contribution in [0.25, 0.3) is 0 Å². The highest BCUT2D eigenvalue weighted by molar-refractivity contribution is 7.63. The summed E-state index contributed by atoms with van der Waals surface area (Å²) in [4.78, 5) is 0. The van der Waals surface area contributed by atoms with Gasteiger partial charge in [0, 0.05) is 0 Å². The molecule has 0 unspecified atom stereocenters. The molecule has 0 saturated carbocycles. The van der Waals surface area contributed by atoms with E-state index in [0.29, 0.717) is 0 Å². The van der Waals surface area contributed by atoms with Crippen molar-refractivity contribution in [2.24, 2.45) is 0 Å². The molecule has 0 saturated heterocycles. The molecular weight excluding hydrogens is 498 g/mol. The highest BCUT2D eigenvalue weighted by Crippen LogP contribution is 2.64. The van der Waals surface area contributed by atoms with Crippen molar-refractivity contribution in [1.29, 1.82) is 0 Å². The molecule has 7 nitrogen and oxygen atoms in total. The van der Waals surface area contributed by atoms with E-state index in [1.807, 2.05) is 0 Å². The Morgan fingerprint density at radius 1 is 0.444 bits per heavy atom. The van der Waals surface area contributed by atoms with E-state index < -0.39 is 15.6 Å². The van der Waals surface area contributed by atoms with Crippen LogP contribution in [-0.4, -0.2) is 0 Å². The molecule has 4 aromatic carbocycles. The first-order valence-corrected chi connectivity index (χ1v) is 14.3. The van der Waals surface area contributed by atoms with Crippen molar-refractivity contribution in [3.63, 3.8) is 0 Å². The van der Waals surface area contributed by atoms with Crippen molar-refractivity contribution in [3.05, 3.63) is 121 Å². The first-order valence-electron chi connectivity index (χ1n) is 11.3. The van der Waals surface area contributed by atoms with Crippen molar-refractivity contribution in [2.75, 3.05) is 0 Å². The summed E-state index contributed by atoms with van der Waals surface area (Å²) >= 11 is 0. The molecule has 36 heavy (non-hydrogen) atoms. The number of phosphoric acid groups is 2. The minimum Gasteiger partial charge on any atom is -0.395 e. The summed E-state index contributed by atoms with van der Waals surface area (Å²) in [5, 5.41) is 0. The first kappa shape index (κ1) is 27.1. The minimum absolute atomic E-state index is 0.183. The van der Waals surface area contributed by atoms with E-state index in [4.69, 9.17) is 22.4 Å². The van der Waals surface area contributed by atoms with E-state index in [2.05, 4.69) is 13.8 Å². The summed E-state index contributed by atoms with van der Waals surface area (Å²) in [6, 6.07) is 33.0. The molecule has 4 aromatic rings. The van der Waals surface area contributed by atoms with Crippen molar-refractivity contribution in [3.8, 4) is 23.0 Å². The van der Waals surface area contributed by atoms with Crippen molar-refractivity contribution in [1.82, 2.24) is 0 Å². The number of hydrogen-bond acceptors (Lipinski definition) is 7. The van der Waals surface area contributed by atoms with Crippen LogP contribution in [0.1, 0.15) is 20.3 Å². The van der Waals surface area contributed by atoms with Gasteiger partial charge in [-0.25, -0.2) is 9.13 Å². The van der Waals surface area contributed by atoms with Gasteiger partial charge in [-0.1, -0.05) is 93.1 Å². The van der Waals surface area contributed by atoms with Gasteiger partial charge in [-0.05, 0) is 48.5 Å². The molecule has 0 radical (unpaired) electrons. The molecule has 0 heterocycles. The van der Waals surface area contributed by atoms with E-state index in [0.717, 1.165) is 0 Å². The van der Waals surface area contributed by atoms with Gasteiger partial charge in [-0.2, -0.15) is 0 Å². The summed E-state index contributed by atoms with van der Waals surface area (Å²) in [6.07, 6.45) is 1.25. The Kier molecular flexibility index (Phi) is 10.2. The normalized spacial score (nSPS) is 10.9. The molecule has 0 atom stereocenters. The molecule has 0 amide bonds. The molecule has 0 aliphatic carbocycles. The molecule has 0 aromatic heterocycles. The van der Waals surface area contributed by atoms with Crippen LogP contribution in [0.4, 0.5) is 0 Å². The van der Waals surface area contributed by atoms with Gasteiger partial charge in [0.15, 0.2) is 0 Å². The lowest BCUT2D eigenvalue weighted by Crippen LogP contribution is -2.10. The molecule has 0 aliphatic heterocycles. The van der Waals surface area contributed by atoms with Crippen LogP contribution in [-0.2, 0) is 13.4 Å². The fourth-order valence-electron chi connectivity index (χ4n) is 2.67. The Balaban J connectivity index is 0.00000115. The van der Waals surface area contributed by atoms with Gasteiger partial charge in [0.2, 0.25) is 0 Å². The van der Waals surface area contributed by atoms with Gasteiger partial charge in [-0.15, -0.1) is 4.31 Å². The third-order valence-corrected chi connectivity index (χ3v) is 7.38. The fraction of sp³-hybridized carbons (Fsp3) is 0.111. The zero-order valence-electron chi connectivity index (χ0n) is 20.0. The van der Waals surface area contributed by atoms with Gasteiger partial charge in [0.05, 0.1) is 0 Å². The molecule has 0 aliphatic rings. The van der Waals surface area contributed by atoms with Crippen LogP contribution in [0.15, 0.2) is 121 Å². The molecule has 9 heteroatoms. The highest BCUT2D eigenvalue weighted by Gasteiger charge is 2.46. The van der Waals surface area contributed by atoms with E-state index in [-0.39, 0.29) is 23.0 Å². The van der Waals surface area contributed by atoms with Crippen LogP contribution in [0.3, 0.4) is 0 Å². The number of hydrogen-bond donors (Lipinski definition) is 0. The Hall–Kier alpha value is -3.50. The highest BCUT2D eigenvalue weighted by atomic mass is 31.3. The number of para-hydroxylation sites is 4. The lowest BCUT2D eigenvalue weighted by atomic mass is 10.3. The molecule has 0 bridgehead atoms. The largest absolute Gasteiger partial charge is 0.598 e. The van der Waals surface area contributed by atoms with Crippen LogP contribution in [0.5, 0.6) is 23.0 Å². The van der Waals surface area contributed by atoms with Crippen molar-refractivity contribution in [2.45, 2.75) is 20.3 Å². The quantitative estimate of drug-likeness (QED) is 0.191. The molecule has 0 N–H and O–H groups in total. The van der Waals surface area contributed by atoms with Crippen LogP contribution in [0.2, 0.25) is 0 Å². The third kappa shape index (κ3) is 8.94. The van der Waals surface area contributed by atoms with Gasteiger partial charge in [0.25, 0.3) is 0 Å². The standard InChI is InChI=1S/C24H20O7P2.C3H8/c25-32(27-21-13-5-1-6-14-21,28-22-15-7-2-8-16-22)31-33(26,29-23-17-9-3-10-18-23)30-24-19-11-4-12-20-24;1-3-2/h1-20H;3H2,1-2H3. The van der Waals surface area contributed by atoms with Gasteiger partial charge in [-0.3, -0.25) is 0 Å². The summed E-state index contributed by atoms with van der Waals surface area (Å²) in [6.45, 7) is 4.25. The van der Waals surface area contributed by atoms with E-state index in [9.17, 15) is 9.13 Å². The Labute approximate surface area is 211 Å². The smallest absolute Gasteiger partial charge is 0.395 e. The third-order valence-electron chi connectivity index (χ3n) is 4.04. The van der Waals surface area contributed by atoms with Crippen molar-refractivity contribution >= 4 is 15.6 Å². The number of phosphoric ester groups is 2. The van der Waals surface area contributed by atoms with E-state index in [1.54, 1.807) is 121 Å². The zero-order chi connectivity index (χ0) is 25.7. The maximum Gasteiger partial charge on any atom is 0.598 e. The fourth-order valence-corrected chi connectivity index (χ4v) is 5.78. The Morgan fingerprint density at radius 3 is 0.833 bits per heavy atom. The predicted octanol–water partition coefficient (Wildman–Crippen LogP) is 8.95. The zero-order valence-corrected chi connectivity index (χ0v) is 21.8. The predicted molar refractivity (Wildman–Crippen MR) is 141 cm³/mol. The monoisotopic (exact) mass is 526 g/mol. The second-order valence-electron chi connectivity index (χ2n) is 7.30. The van der Waals surface area contributed by atoms with Gasteiger partial charge in [0.1, 0.15) is 23.0 Å². The second kappa shape index (κ2) is 13.6. The van der Waals surface area contributed by atoms with Crippen LogP contribution in [0, 0.1) is 0 Å². The summed E-state index contributed by atoms with van der Waals surface area (Å²) in [5.74, 6) is 0.732. The lowest BCUT2D eigenvalue weighted by molar-refractivity contribution is 0.243. The topological polar surface area (TPSA) is 80.3 Å². The number of benzene rings is 4. The van der Waals surface area contributed by atoms with Crippen LogP contribution < -0.4 is 18.1 Å². The summed E-state index contributed by atoms with van der Waals surface area (Å²) in [7, 11) is -9.14. The Bertz CT molecular complexity index is 1060. The summed E-state index contributed by atoms with van der Waals surface area (Å²) in [5.41, 5.74) is 0. The van der Waals surface area contributed by atoms with Gasteiger partial charge >= 0.3 is 15.6 Å². The molecule has 4 rings (SSSR count). The molecule has 0 spiro atoms. The van der Waals surface area contributed by atoms with E-state index in [1.165, 1.54) is 6.42 Å². The van der Waals surface area contributed by atoms with Crippen molar-refractivity contribution < 1.29 is 31.5 Å². The first-order chi connectivity index (χ1) is 17.4. The molecular formula is C27H28O7P2. The maximum atomic E-state index is 13.7. The van der Waals surface area contributed by atoms with Gasteiger partial charge < -0.3 is 18.1 Å². The maximum absolute atomic E-state index is 13.7. The van der Waals surface area contributed by atoms with Crippen LogP contribution >= 0.6 is 15.6 Å². The van der Waals surface area contributed by atoms with E-state index >= 15 is 0 Å². The second-order valence-corrected chi connectivity index (χ2v) is 10.5.